The summed E-state index contributed by atoms with van der Waals surface area (Å²) in [6.07, 6.45) is 3.02. The van der Waals surface area contributed by atoms with E-state index in [4.69, 9.17) is 0 Å². The standard InChI is InChI=1S/C12H8FN3S/c1-8-2-3-10(14-5-8)11-4-9(13)12(6-15-11)16-7-17/h2-6H,1H3. The predicted octanol–water partition coefficient (Wildman–Crippen LogP) is 3.33. The molecule has 0 aliphatic heterocycles. The van der Waals surface area contributed by atoms with Gasteiger partial charge in [-0.3, -0.25) is 9.97 Å². The lowest BCUT2D eigenvalue weighted by molar-refractivity contribution is 0.628. The number of halogens is 1. The number of pyridine rings is 2. The van der Waals surface area contributed by atoms with Crippen molar-refractivity contribution in [3.05, 3.63) is 42.0 Å². The third-order valence-electron chi connectivity index (χ3n) is 2.17. The zero-order valence-corrected chi connectivity index (χ0v) is 9.83. The summed E-state index contributed by atoms with van der Waals surface area (Å²) in [6, 6.07) is 4.97. The normalized spacial score (nSPS) is 9.76. The fourth-order valence-electron chi connectivity index (χ4n) is 1.31. The lowest BCUT2D eigenvalue weighted by Crippen LogP contribution is -1.89. The molecule has 0 spiro atoms. The number of nitrogens with zero attached hydrogens (tertiary/aromatic N) is 3. The number of aromatic nitrogens is 2. The van der Waals surface area contributed by atoms with Crippen molar-refractivity contribution >= 4 is 23.1 Å². The molecule has 0 aromatic carbocycles. The van der Waals surface area contributed by atoms with Crippen LogP contribution in [0.4, 0.5) is 10.1 Å². The molecule has 0 atom stereocenters. The first-order valence-electron chi connectivity index (χ1n) is 4.87. The van der Waals surface area contributed by atoms with E-state index in [9.17, 15) is 4.39 Å². The highest BCUT2D eigenvalue weighted by atomic mass is 32.1. The van der Waals surface area contributed by atoms with Crippen molar-refractivity contribution < 1.29 is 4.39 Å². The van der Waals surface area contributed by atoms with Crippen LogP contribution < -0.4 is 0 Å². The molecule has 84 valence electrons. The first-order chi connectivity index (χ1) is 8.20. The molecule has 5 heteroatoms. The molecule has 2 heterocycles. The van der Waals surface area contributed by atoms with Gasteiger partial charge < -0.3 is 0 Å². The van der Waals surface area contributed by atoms with Gasteiger partial charge in [0.1, 0.15) is 5.69 Å². The molecule has 2 aromatic heterocycles. The molecule has 17 heavy (non-hydrogen) atoms. The molecule has 0 radical (unpaired) electrons. The third kappa shape index (κ3) is 2.58. The molecule has 0 N–H and O–H groups in total. The fraction of sp³-hybridized carbons (Fsp3) is 0.0833. The Kier molecular flexibility index (Phi) is 3.32. The van der Waals surface area contributed by atoms with Crippen molar-refractivity contribution in [1.82, 2.24) is 9.97 Å². The summed E-state index contributed by atoms with van der Waals surface area (Å²) in [5, 5.41) is 2.10. The van der Waals surface area contributed by atoms with Crippen molar-refractivity contribution in [2.24, 2.45) is 4.99 Å². The molecule has 2 aromatic rings. The minimum Gasteiger partial charge on any atom is -0.254 e. The largest absolute Gasteiger partial charge is 0.254 e. The Morgan fingerprint density at radius 1 is 1.24 bits per heavy atom. The van der Waals surface area contributed by atoms with Crippen molar-refractivity contribution in [2.45, 2.75) is 6.92 Å². The Hall–Kier alpha value is -1.97. The number of hydrogen-bond donors (Lipinski definition) is 0. The zero-order chi connectivity index (χ0) is 12.3. The van der Waals surface area contributed by atoms with E-state index in [2.05, 4.69) is 32.3 Å². The molecule has 0 bridgehead atoms. The van der Waals surface area contributed by atoms with E-state index in [0.29, 0.717) is 11.4 Å². The summed E-state index contributed by atoms with van der Waals surface area (Å²) >= 11 is 4.41. The molecule has 0 fully saturated rings. The van der Waals surface area contributed by atoms with Gasteiger partial charge in [-0.1, -0.05) is 6.07 Å². The SMILES string of the molecule is Cc1ccc(-c2cc(F)c(N=C=S)cn2)nc1. The predicted molar refractivity (Wildman–Crippen MR) is 66.8 cm³/mol. The lowest BCUT2D eigenvalue weighted by Gasteiger charge is -2.01. The van der Waals surface area contributed by atoms with E-state index in [1.54, 1.807) is 12.3 Å². The maximum atomic E-state index is 13.6. The van der Waals surface area contributed by atoms with Gasteiger partial charge in [0.05, 0.1) is 22.7 Å². The second kappa shape index (κ2) is 4.91. The van der Waals surface area contributed by atoms with E-state index >= 15 is 0 Å². The Labute approximate surface area is 103 Å². The molecule has 0 aliphatic carbocycles. The summed E-state index contributed by atoms with van der Waals surface area (Å²) in [5.74, 6) is -0.491. The highest BCUT2D eigenvalue weighted by molar-refractivity contribution is 7.78. The first kappa shape index (κ1) is 11.5. The molecule has 0 unspecified atom stereocenters. The molecular weight excluding hydrogens is 237 g/mol. The average Bonchev–Trinajstić information content (AvgIpc) is 2.33. The van der Waals surface area contributed by atoms with Gasteiger partial charge in [-0.25, -0.2) is 4.39 Å². The van der Waals surface area contributed by atoms with Crippen LogP contribution in [0.15, 0.2) is 35.6 Å². The molecule has 0 aliphatic rings. The summed E-state index contributed by atoms with van der Waals surface area (Å²) in [7, 11) is 0. The first-order valence-corrected chi connectivity index (χ1v) is 5.28. The maximum absolute atomic E-state index is 13.6. The molecular formula is C12H8FN3S. The molecule has 0 amide bonds. The highest BCUT2D eigenvalue weighted by Gasteiger charge is 2.06. The average molecular weight is 245 g/mol. The minimum atomic E-state index is -0.491. The van der Waals surface area contributed by atoms with E-state index in [1.165, 1.54) is 12.3 Å². The summed E-state index contributed by atoms with van der Waals surface area (Å²) < 4.78 is 13.6. The zero-order valence-electron chi connectivity index (χ0n) is 9.01. The van der Waals surface area contributed by atoms with Gasteiger partial charge in [0.25, 0.3) is 0 Å². The molecule has 3 nitrogen and oxygen atoms in total. The van der Waals surface area contributed by atoms with E-state index in [1.807, 2.05) is 13.0 Å². The third-order valence-corrected chi connectivity index (χ3v) is 2.27. The van der Waals surface area contributed by atoms with Crippen molar-refractivity contribution in [3.8, 4) is 11.4 Å². The van der Waals surface area contributed by atoms with Crippen LogP contribution in [0, 0.1) is 12.7 Å². The van der Waals surface area contributed by atoms with Crippen LogP contribution in [0.2, 0.25) is 0 Å². The van der Waals surface area contributed by atoms with Crippen LogP contribution >= 0.6 is 12.2 Å². The van der Waals surface area contributed by atoms with Crippen LogP contribution in [0.1, 0.15) is 5.56 Å². The monoisotopic (exact) mass is 245 g/mol. The highest BCUT2D eigenvalue weighted by Crippen LogP contribution is 2.21. The number of hydrogen-bond acceptors (Lipinski definition) is 4. The smallest absolute Gasteiger partial charge is 0.153 e. The van der Waals surface area contributed by atoms with Crippen LogP contribution in [0.25, 0.3) is 11.4 Å². The lowest BCUT2D eigenvalue weighted by atomic mass is 10.2. The number of rotatable bonds is 2. The van der Waals surface area contributed by atoms with Crippen molar-refractivity contribution in [1.29, 1.82) is 0 Å². The summed E-state index contributed by atoms with van der Waals surface area (Å²) in [5.41, 5.74) is 2.20. The second-order valence-electron chi connectivity index (χ2n) is 3.44. The summed E-state index contributed by atoms with van der Waals surface area (Å²) in [6.45, 7) is 1.93. The quantitative estimate of drug-likeness (QED) is 0.601. The van der Waals surface area contributed by atoms with E-state index < -0.39 is 5.82 Å². The van der Waals surface area contributed by atoms with Gasteiger partial charge >= 0.3 is 0 Å². The van der Waals surface area contributed by atoms with Crippen LogP contribution in [0.5, 0.6) is 0 Å². The Morgan fingerprint density at radius 3 is 2.59 bits per heavy atom. The van der Waals surface area contributed by atoms with Crippen molar-refractivity contribution in [2.75, 3.05) is 0 Å². The minimum absolute atomic E-state index is 0.0795. The Bertz CT molecular complexity index is 589. The van der Waals surface area contributed by atoms with E-state index in [0.717, 1.165) is 5.56 Å². The second-order valence-corrected chi connectivity index (χ2v) is 3.63. The van der Waals surface area contributed by atoms with Gasteiger partial charge in [0.2, 0.25) is 0 Å². The Balaban J connectivity index is 2.44. The fourth-order valence-corrected chi connectivity index (χ4v) is 1.41. The van der Waals surface area contributed by atoms with Crippen LogP contribution in [-0.2, 0) is 0 Å². The number of thiocarbonyl (C=S) groups is 1. The van der Waals surface area contributed by atoms with E-state index in [-0.39, 0.29) is 5.69 Å². The maximum Gasteiger partial charge on any atom is 0.153 e. The van der Waals surface area contributed by atoms with Gasteiger partial charge in [-0.15, -0.1) is 0 Å². The van der Waals surface area contributed by atoms with Gasteiger partial charge in [0, 0.05) is 12.3 Å². The molecule has 2 rings (SSSR count). The van der Waals surface area contributed by atoms with Crippen LogP contribution in [-0.4, -0.2) is 15.1 Å². The summed E-state index contributed by atoms with van der Waals surface area (Å²) in [4.78, 5) is 11.8. The molecule has 0 saturated heterocycles. The topological polar surface area (TPSA) is 38.1 Å². The van der Waals surface area contributed by atoms with Gasteiger partial charge in [0.15, 0.2) is 5.82 Å². The van der Waals surface area contributed by atoms with Crippen molar-refractivity contribution in [3.63, 3.8) is 0 Å². The van der Waals surface area contributed by atoms with Gasteiger partial charge in [-0.05, 0) is 30.8 Å². The van der Waals surface area contributed by atoms with Crippen LogP contribution in [0.3, 0.4) is 0 Å². The number of aryl methyl sites for hydroxylation is 1. The number of aliphatic imine (C=N–C) groups is 1. The molecule has 0 saturated carbocycles. The van der Waals surface area contributed by atoms with Gasteiger partial charge in [-0.2, -0.15) is 4.99 Å². The Morgan fingerprint density at radius 2 is 2.00 bits per heavy atom. The number of isothiocyanates is 1.